The lowest BCUT2D eigenvalue weighted by molar-refractivity contribution is 0.102. The number of anilines is 1. The summed E-state index contributed by atoms with van der Waals surface area (Å²) in [7, 11) is 0. The van der Waals surface area contributed by atoms with Gasteiger partial charge in [0.25, 0.3) is 5.91 Å². The highest BCUT2D eigenvalue weighted by atomic mass is 35.5. The fraction of sp³-hybridized carbons (Fsp3) is 0.500. The van der Waals surface area contributed by atoms with Crippen molar-refractivity contribution in [2.45, 2.75) is 31.8 Å². The number of nitrogens with zero attached hydrogens (tertiary/aromatic N) is 4. The van der Waals surface area contributed by atoms with Crippen molar-refractivity contribution >= 4 is 23.5 Å². The topological polar surface area (TPSA) is 75.1 Å². The van der Waals surface area contributed by atoms with E-state index in [1.807, 2.05) is 4.68 Å². The third-order valence-electron chi connectivity index (χ3n) is 5.24. The van der Waals surface area contributed by atoms with Crippen LogP contribution >= 0.6 is 11.6 Å². The molecule has 2 atom stereocenters. The average Bonchev–Trinajstić information content (AvgIpc) is 3.06. The molecule has 1 saturated heterocycles. The number of hydrogen-bond acceptors (Lipinski definition) is 5. The molecule has 2 aromatic rings. The molecule has 4 rings (SSSR count). The van der Waals surface area contributed by atoms with Gasteiger partial charge in [-0.1, -0.05) is 17.7 Å². The zero-order valence-corrected chi connectivity index (χ0v) is 15.5. The first-order chi connectivity index (χ1) is 12.6. The van der Waals surface area contributed by atoms with E-state index in [-0.39, 0.29) is 11.9 Å². The van der Waals surface area contributed by atoms with Crippen molar-refractivity contribution < 1.29 is 4.79 Å². The predicted molar refractivity (Wildman–Crippen MR) is 101 cm³/mol. The predicted octanol–water partition coefficient (Wildman–Crippen LogP) is 1.96. The molecular formula is C18H23ClN6O. The maximum absolute atomic E-state index is 12.4. The van der Waals surface area contributed by atoms with E-state index in [4.69, 9.17) is 11.6 Å². The first kappa shape index (κ1) is 17.5. The standard InChI is InChI=1S/C18H23ClN6O/c1-12-15(24-9-7-20-8-10-24)5-6-16-21-18(23-25(12)16)22-17(26)13-3-2-4-14(19)11-13/h2-4,11-12,15,20H,5-10H2,1H3,(H,22,23,26). The Kier molecular flexibility index (Phi) is 4.93. The summed E-state index contributed by atoms with van der Waals surface area (Å²) in [6.07, 6.45) is 1.94. The van der Waals surface area contributed by atoms with Crippen LogP contribution in [0.3, 0.4) is 0 Å². The highest BCUT2D eigenvalue weighted by Crippen LogP contribution is 2.28. The largest absolute Gasteiger partial charge is 0.314 e. The van der Waals surface area contributed by atoms with Gasteiger partial charge in [-0.25, -0.2) is 4.68 Å². The second kappa shape index (κ2) is 7.34. The normalized spacial score (nSPS) is 23.5. The third kappa shape index (κ3) is 3.47. The lowest BCUT2D eigenvalue weighted by Gasteiger charge is -2.40. The fourth-order valence-corrected chi connectivity index (χ4v) is 4.08. The van der Waals surface area contributed by atoms with Gasteiger partial charge in [-0.3, -0.25) is 15.0 Å². The molecule has 2 aliphatic heterocycles. The summed E-state index contributed by atoms with van der Waals surface area (Å²) in [6.45, 7) is 6.39. The molecule has 1 amide bonds. The van der Waals surface area contributed by atoms with Gasteiger partial charge in [0, 0.05) is 49.2 Å². The van der Waals surface area contributed by atoms with E-state index in [1.54, 1.807) is 24.3 Å². The van der Waals surface area contributed by atoms with Gasteiger partial charge in [0.15, 0.2) is 0 Å². The van der Waals surface area contributed by atoms with Gasteiger partial charge < -0.3 is 5.32 Å². The number of halogens is 1. The van der Waals surface area contributed by atoms with Crippen LogP contribution in [0.1, 0.15) is 35.6 Å². The number of carbonyl (C=O) groups is 1. The summed E-state index contributed by atoms with van der Waals surface area (Å²) < 4.78 is 1.98. The molecule has 1 aromatic carbocycles. The Hall–Kier alpha value is -1.96. The molecule has 138 valence electrons. The molecule has 1 aromatic heterocycles. The summed E-state index contributed by atoms with van der Waals surface area (Å²) in [5.41, 5.74) is 0.497. The third-order valence-corrected chi connectivity index (χ3v) is 5.48. The maximum atomic E-state index is 12.4. The van der Waals surface area contributed by atoms with Crippen molar-refractivity contribution in [2.75, 3.05) is 31.5 Å². The Labute approximate surface area is 157 Å². The minimum Gasteiger partial charge on any atom is -0.314 e. The van der Waals surface area contributed by atoms with Crippen LogP contribution in [0.25, 0.3) is 0 Å². The molecule has 7 nitrogen and oxygen atoms in total. The van der Waals surface area contributed by atoms with Crippen LogP contribution in [0.5, 0.6) is 0 Å². The highest BCUT2D eigenvalue weighted by molar-refractivity contribution is 6.31. The van der Waals surface area contributed by atoms with Gasteiger partial charge in [0.2, 0.25) is 5.95 Å². The summed E-state index contributed by atoms with van der Waals surface area (Å²) in [5.74, 6) is 1.05. The lowest BCUT2D eigenvalue weighted by atomic mass is 9.98. The minimum atomic E-state index is -0.248. The van der Waals surface area contributed by atoms with Crippen LogP contribution in [-0.4, -0.2) is 57.8 Å². The van der Waals surface area contributed by atoms with E-state index in [0.29, 0.717) is 22.6 Å². The molecule has 2 aliphatic rings. The van der Waals surface area contributed by atoms with Gasteiger partial charge in [0.05, 0.1) is 6.04 Å². The van der Waals surface area contributed by atoms with Crippen LogP contribution in [0.15, 0.2) is 24.3 Å². The first-order valence-corrected chi connectivity index (χ1v) is 9.47. The summed E-state index contributed by atoms with van der Waals surface area (Å²) >= 11 is 5.96. The molecular weight excluding hydrogens is 352 g/mol. The van der Waals surface area contributed by atoms with Crippen molar-refractivity contribution in [3.05, 3.63) is 40.7 Å². The lowest BCUT2D eigenvalue weighted by Crippen LogP contribution is -2.52. The molecule has 0 bridgehead atoms. The number of rotatable bonds is 3. The van der Waals surface area contributed by atoms with Crippen molar-refractivity contribution in [1.29, 1.82) is 0 Å². The molecule has 0 spiro atoms. The number of amides is 1. The SMILES string of the molecule is CC1C(N2CCNCC2)CCc2nc(NC(=O)c3cccc(Cl)c3)nn21. The molecule has 2 N–H and O–H groups in total. The highest BCUT2D eigenvalue weighted by Gasteiger charge is 2.33. The van der Waals surface area contributed by atoms with E-state index in [1.165, 1.54) is 0 Å². The molecule has 3 heterocycles. The Bertz CT molecular complexity index is 801. The second-order valence-corrected chi connectivity index (χ2v) is 7.33. The van der Waals surface area contributed by atoms with Crippen LogP contribution < -0.4 is 10.6 Å². The zero-order chi connectivity index (χ0) is 18.1. The number of aromatic nitrogens is 3. The Morgan fingerprint density at radius 2 is 2.15 bits per heavy atom. The van der Waals surface area contributed by atoms with Crippen molar-refractivity contribution in [2.24, 2.45) is 0 Å². The summed E-state index contributed by atoms with van der Waals surface area (Å²) in [4.78, 5) is 19.5. The maximum Gasteiger partial charge on any atom is 0.258 e. The van der Waals surface area contributed by atoms with Gasteiger partial charge >= 0.3 is 0 Å². The van der Waals surface area contributed by atoms with Gasteiger partial charge in [-0.05, 0) is 31.5 Å². The smallest absolute Gasteiger partial charge is 0.258 e. The number of carbonyl (C=O) groups excluding carboxylic acids is 1. The Balaban J connectivity index is 1.49. The average molecular weight is 375 g/mol. The van der Waals surface area contributed by atoms with Crippen LogP contribution in [0.2, 0.25) is 5.02 Å². The Morgan fingerprint density at radius 3 is 2.92 bits per heavy atom. The van der Waals surface area contributed by atoms with Crippen LogP contribution in [-0.2, 0) is 6.42 Å². The van der Waals surface area contributed by atoms with E-state index < -0.39 is 0 Å². The number of fused-ring (bicyclic) bond motifs is 1. The number of piperazine rings is 1. The number of nitrogens with one attached hydrogen (secondary N) is 2. The molecule has 0 aliphatic carbocycles. The molecule has 26 heavy (non-hydrogen) atoms. The van der Waals surface area contributed by atoms with Gasteiger partial charge in [-0.15, -0.1) is 5.10 Å². The van der Waals surface area contributed by atoms with E-state index in [0.717, 1.165) is 44.8 Å². The van der Waals surface area contributed by atoms with Crippen molar-refractivity contribution in [1.82, 2.24) is 25.0 Å². The molecule has 0 radical (unpaired) electrons. The second-order valence-electron chi connectivity index (χ2n) is 6.89. The van der Waals surface area contributed by atoms with E-state index >= 15 is 0 Å². The molecule has 0 saturated carbocycles. The molecule has 1 fully saturated rings. The van der Waals surface area contributed by atoms with Crippen molar-refractivity contribution in [3.8, 4) is 0 Å². The van der Waals surface area contributed by atoms with Crippen LogP contribution in [0, 0.1) is 0 Å². The molecule has 2 unspecified atom stereocenters. The summed E-state index contributed by atoms with van der Waals surface area (Å²) in [5, 5.41) is 11.3. The van der Waals surface area contributed by atoms with E-state index in [2.05, 4.69) is 32.5 Å². The zero-order valence-electron chi connectivity index (χ0n) is 14.8. The number of benzene rings is 1. The fourth-order valence-electron chi connectivity index (χ4n) is 3.89. The minimum absolute atomic E-state index is 0.237. The quantitative estimate of drug-likeness (QED) is 0.859. The first-order valence-electron chi connectivity index (χ1n) is 9.09. The van der Waals surface area contributed by atoms with Gasteiger partial charge in [0.1, 0.15) is 5.82 Å². The Morgan fingerprint density at radius 1 is 1.35 bits per heavy atom. The van der Waals surface area contributed by atoms with Gasteiger partial charge in [-0.2, -0.15) is 4.98 Å². The van der Waals surface area contributed by atoms with E-state index in [9.17, 15) is 4.79 Å². The summed E-state index contributed by atoms with van der Waals surface area (Å²) in [6, 6.07) is 7.55. The van der Waals surface area contributed by atoms with Crippen molar-refractivity contribution in [3.63, 3.8) is 0 Å². The van der Waals surface area contributed by atoms with Crippen LogP contribution in [0.4, 0.5) is 5.95 Å². The number of aryl methyl sites for hydroxylation is 1. The number of hydrogen-bond donors (Lipinski definition) is 2. The monoisotopic (exact) mass is 374 g/mol. The molecule has 8 heteroatoms.